The molecule has 0 saturated carbocycles. The minimum atomic E-state index is 0.608. The van der Waals surface area contributed by atoms with Crippen molar-refractivity contribution in [3.05, 3.63) is 28.2 Å². The Morgan fingerprint density at radius 2 is 2.00 bits per heavy atom. The second kappa shape index (κ2) is 6.95. The molecule has 0 spiro atoms. The Morgan fingerprint density at radius 3 is 2.56 bits per heavy atom. The van der Waals surface area contributed by atoms with E-state index in [2.05, 4.69) is 60.2 Å². The van der Waals surface area contributed by atoms with E-state index in [0.717, 1.165) is 6.42 Å². The number of halogens is 1. The van der Waals surface area contributed by atoms with Gasteiger partial charge in [-0.2, -0.15) is 0 Å². The molecule has 1 nitrogen and oxygen atoms in total. The first-order valence-electron chi connectivity index (χ1n) is 6.26. The lowest BCUT2D eigenvalue weighted by molar-refractivity contribution is 0.622. The smallest absolute Gasteiger partial charge is 0.0375 e. The maximum Gasteiger partial charge on any atom is 0.0375 e. The van der Waals surface area contributed by atoms with Crippen LogP contribution >= 0.6 is 15.9 Å². The van der Waals surface area contributed by atoms with Crippen LogP contribution in [0.25, 0.3) is 0 Å². The van der Waals surface area contributed by atoms with Gasteiger partial charge in [0.05, 0.1) is 0 Å². The Balaban J connectivity index is 2.78. The summed E-state index contributed by atoms with van der Waals surface area (Å²) < 4.78 is 1.17. The molecular weight excluding hydrogens is 262 g/mol. The number of hydrogen-bond acceptors (Lipinski definition) is 1. The molecule has 0 heterocycles. The number of nitrogens with one attached hydrogen (secondary N) is 1. The van der Waals surface area contributed by atoms with Crippen LogP contribution in [0, 0.1) is 0 Å². The Morgan fingerprint density at radius 1 is 1.25 bits per heavy atom. The largest absolute Gasteiger partial charge is 0.382 e. The lowest BCUT2D eigenvalue weighted by Crippen LogP contribution is -2.18. The molecule has 1 rings (SSSR count). The summed E-state index contributed by atoms with van der Waals surface area (Å²) in [6.45, 7) is 6.69. The molecule has 2 heteroatoms. The van der Waals surface area contributed by atoms with Crippen LogP contribution in [0.15, 0.2) is 22.7 Å². The molecule has 1 N–H and O–H groups in total. The number of hydrogen-bond donors (Lipinski definition) is 1. The summed E-state index contributed by atoms with van der Waals surface area (Å²) in [4.78, 5) is 0. The number of benzene rings is 1. The standard InChI is InChI=1S/C14H22BrN/c1-4-7-13(6-3)16-14-9-8-12(15)10-11(14)5-2/h8-10,13,16H,4-7H2,1-3H3. The van der Waals surface area contributed by atoms with E-state index in [0.29, 0.717) is 6.04 Å². The third-order valence-electron chi connectivity index (χ3n) is 2.94. The molecule has 1 aromatic rings. The molecule has 16 heavy (non-hydrogen) atoms. The summed E-state index contributed by atoms with van der Waals surface area (Å²) in [5.74, 6) is 0. The fourth-order valence-electron chi connectivity index (χ4n) is 1.94. The van der Waals surface area contributed by atoms with E-state index in [1.807, 2.05) is 0 Å². The SMILES string of the molecule is CCCC(CC)Nc1ccc(Br)cc1CC. The van der Waals surface area contributed by atoms with Crippen LogP contribution in [0.5, 0.6) is 0 Å². The molecule has 0 aliphatic heterocycles. The van der Waals surface area contributed by atoms with Crippen LogP contribution in [-0.4, -0.2) is 6.04 Å². The number of anilines is 1. The molecule has 1 unspecified atom stereocenters. The van der Waals surface area contributed by atoms with E-state index in [1.165, 1.54) is 35.0 Å². The summed E-state index contributed by atoms with van der Waals surface area (Å²) in [7, 11) is 0. The molecule has 0 aliphatic carbocycles. The van der Waals surface area contributed by atoms with Gasteiger partial charge < -0.3 is 5.32 Å². The highest BCUT2D eigenvalue weighted by Gasteiger charge is 2.07. The average Bonchev–Trinajstić information content (AvgIpc) is 2.30. The van der Waals surface area contributed by atoms with Crippen molar-refractivity contribution in [2.24, 2.45) is 0 Å². The van der Waals surface area contributed by atoms with Crippen molar-refractivity contribution in [2.75, 3.05) is 5.32 Å². The molecule has 90 valence electrons. The van der Waals surface area contributed by atoms with Crippen molar-refractivity contribution in [3.63, 3.8) is 0 Å². The maximum absolute atomic E-state index is 3.66. The third-order valence-corrected chi connectivity index (χ3v) is 3.43. The molecule has 0 fully saturated rings. The first-order valence-corrected chi connectivity index (χ1v) is 7.05. The lowest BCUT2D eigenvalue weighted by Gasteiger charge is -2.20. The van der Waals surface area contributed by atoms with Crippen molar-refractivity contribution in [2.45, 2.75) is 52.5 Å². The molecule has 0 aliphatic rings. The lowest BCUT2D eigenvalue weighted by atomic mass is 10.1. The fraction of sp³-hybridized carbons (Fsp3) is 0.571. The summed E-state index contributed by atoms with van der Waals surface area (Å²) in [5.41, 5.74) is 2.69. The minimum absolute atomic E-state index is 0.608. The molecule has 0 radical (unpaired) electrons. The minimum Gasteiger partial charge on any atom is -0.382 e. The van der Waals surface area contributed by atoms with Crippen LogP contribution < -0.4 is 5.32 Å². The topological polar surface area (TPSA) is 12.0 Å². The van der Waals surface area contributed by atoms with Gasteiger partial charge in [0.15, 0.2) is 0 Å². The van der Waals surface area contributed by atoms with Crippen molar-refractivity contribution in [1.29, 1.82) is 0 Å². The maximum atomic E-state index is 3.66. The van der Waals surface area contributed by atoms with Gasteiger partial charge >= 0.3 is 0 Å². The van der Waals surface area contributed by atoms with Crippen molar-refractivity contribution < 1.29 is 0 Å². The van der Waals surface area contributed by atoms with Crippen LogP contribution in [0.1, 0.15) is 45.6 Å². The van der Waals surface area contributed by atoms with Crippen LogP contribution in [-0.2, 0) is 6.42 Å². The summed E-state index contributed by atoms with van der Waals surface area (Å²) in [5, 5.41) is 3.66. The van der Waals surface area contributed by atoms with E-state index in [1.54, 1.807) is 0 Å². The first kappa shape index (κ1) is 13.6. The van der Waals surface area contributed by atoms with Gasteiger partial charge in [-0.1, -0.05) is 43.1 Å². The monoisotopic (exact) mass is 283 g/mol. The average molecular weight is 284 g/mol. The van der Waals surface area contributed by atoms with E-state index in [4.69, 9.17) is 0 Å². The second-order valence-corrected chi connectivity index (χ2v) is 5.11. The van der Waals surface area contributed by atoms with Gasteiger partial charge in [0, 0.05) is 16.2 Å². The number of rotatable bonds is 6. The second-order valence-electron chi connectivity index (χ2n) is 4.19. The first-order chi connectivity index (χ1) is 7.71. The molecular formula is C14H22BrN. The Labute approximate surface area is 108 Å². The molecule has 1 atom stereocenters. The molecule has 0 amide bonds. The van der Waals surface area contributed by atoms with Gasteiger partial charge in [0.2, 0.25) is 0 Å². The predicted molar refractivity (Wildman–Crippen MR) is 76.1 cm³/mol. The van der Waals surface area contributed by atoms with E-state index in [-0.39, 0.29) is 0 Å². The fourth-order valence-corrected chi connectivity index (χ4v) is 2.35. The van der Waals surface area contributed by atoms with E-state index >= 15 is 0 Å². The third kappa shape index (κ3) is 3.82. The van der Waals surface area contributed by atoms with Crippen molar-refractivity contribution in [1.82, 2.24) is 0 Å². The summed E-state index contributed by atoms with van der Waals surface area (Å²) >= 11 is 3.52. The van der Waals surface area contributed by atoms with Gasteiger partial charge in [-0.05, 0) is 43.0 Å². The predicted octanol–water partition coefficient (Wildman–Crippen LogP) is 5.00. The highest BCUT2D eigenvalue weighted by molar-refractivity contribution is 9.10. The zero-order chi connectivity index (χ0) is 12.0. The Kier molecular flexibility index (Phi) is 5.89. The van der Waals surface area contributed by atoms with Gasteiger partial charge in [-0.25, -0.2) is 0 Å². The molecule has 0 bridgehead atoms. The number of aryl methyl sites for hydroxylation is 1. The normalized spacial score (nSPS) is 12.5. The quantitative estimate of drug-likeness (QED) is 0.775. The van der Waals surface area contributed by atoms with E-state index in [9.17, 15) is 0 Å². The van der Waals surface area contributed by atoms with Gasteiger partial charge in [0.25, 0.3) is 0 Å². The Bertz CT molecular complexity index is 323. The summed E-state index contributed by atoms with van der Waals surface area (Å²) in [6.07, 6.45) is 4.75. The highest BCUT2D eigenvalue weighted by atomic mass is 79.9. The van der Waals surface area contributed by atoms with Gasteiger partial charge in [0.1, 0.15) is 0 Å². The molecule has 1 aromatic carbocycles. The van der Waals surface area contributed by atoms with Gasteiger partial charge in [-0.15, -0.1) is 0 Å². The van der Waals surface area contributed by atoms with Gasteiger partial charge in [-0.3, -0.25) is 0 Å². The zero-order valence-electron chi connectivity index (χ0n) is 10.5. The Hall–Kier alpha value is -0.500. The summed E-state index contributed by atoms with van der Waals surface area (Å²) in [6, 6.07) is 7.11. The molecule has 0 aromatic heterocycles. The highest BCUT2D eigenvalue weighted by Crippen LogP contribution is 2.23. The molecule has 0 saturated heterocycles. The van der Waals surface area contributed by atoms with Crippen LogP contribution in [0.3, 0.4) is 0 Å². The zero-order valence-corrected chi connectivity index (χ0v) is 12.1. The van der Waals surface area contributed by atoms with Crippen LogP contribution in [0.2, 0.25) is 0 Å². The van der Waals surface area contributed by atoms with Crippen molar-refractivity contribution in [3.8, 4) is 0 Å². The van der Waals surface area contributed by atoms with Crippen molar-refractivity contribution >= 4 is 21.6 Å². The van der Waals surface area contributed by atoms with Crippen LogP contribution in [0.4, 0.5) is 5.69 Å². The van der Waals surface area contributed by atoms with E-state index < -0.39 is 0 Å².